The molecule has 1 amide bonds. The molecule has 7 nitrogen and oxygen atoms in total. The number of likely N-dealkylation sites (N-methyl/N-ethyl adjacent to an activating group) is 1. The highest BCUT2D eigenvalue weighted by Crippen LogP contribution is 2.42. The Labute approximate surface area is 174 Å². The number of benzene rings is 1. The van der Waals surface area contributed by atoms with Crippen molar-refractivity contribution in [3.05, 3.63) is 56.7 Å². The maximum absolute atomic E-state index is 13.4. The molecule has 0 spiro atoms. The number of thiazole rings is 1. The molecule has 154 valence electrons. The van der Waals surface area contributed by atoms with Gasteiger partial charge in [0.15, 0.2) is 5.76 Å². The summed E-state index contributed by atoms with van der Waals surface area (Å²) in [6, 6.07) is 6.52. The first-order valence-corrected chi connectivity index (χ1v) is 10.1. The Morgan fingerprint density at radius 1 is 1.31 bits per heavy atom. The molecule has 0 aliphatic carbocycles. The number of carbonyl (C=O) groups excluding carboxylic acids is 2. The summed E-state index contributed by atoms with van der Waals surface area (Å²) in [5.41, 5.74) is 1.33. The van der Waals surface area contributed by atoms with Crippen molar-refractivity contribution in [1.82, 2.24) is 14.8 Å². The minimum absolute atomic E-state index is 0.0741. The number of amides is 1. The van der Waals surface area contributed by atoms with Crippen molar-refractivity contribution in [3.63, 3.8) is 0 Å². The van der Waals surface area contributed by atoms with E-state index in [9.17, 15) is 14.7 Å². The van der Waals surface area contributed by atoms with E-state index in [4.69, 9.17) is 4.74 Å². The van der Waals surface area contributed by atoms with Crippen molar-refractivity contribution in [2.75, 3.05) is 34.3 Å². The molecule has 8 heteroatoms. The fourth-order valence-electron chi connectivity index (χ4n) is 3.50. The van der Waals surface area contributed by atoms with E-state index in [1.165, 1.54) is 16.2 Å². The highest BCUT2D eigenvalue weighted by atomic mass is 32.1. The van der Waals surface area contributed by atoms with Crippen LogP contribution >= 0.6 is 11.3 Å². The van der Waals surface area contributed by atoms with Crippen LogP contribution in [0.15, 0.2) is 35.6 Å². The van der Waals surface area contributed by atoms with E-state index >= 15 is 0 Å². The van der Waals surface area contributed by atoms with E-state index in [-0.39, 0.29) is 11.4 Å². The van der Waals surface area contributed by atoms with Crippen LogP contribution in [0, 0.1) is 13.8 Å². The molecule has 2 heterocycles. The summed E-state index contributed by atoms with van der Waals surface area (Å²) in [7, 11) is 5.35. The molecule has 1 unspecified atom stereocenters. The molecule has 0 bridgehead atoms. The van der Waals surface area contributed by atoms with Crippen LogP contribution in [0.3, 0.4) is 0 Å². The predicted octanol–water partition coefficient (Wildman–Crippen LogP) is 2.91. The van der Waals surface area contributed by atoms with Crippen LogP contribution in [0.1, 0.15) is 32.0 Å². The molecule has 29 heavy (non-hydrogen) atoms. The molecule has 0 saturated carbocycles. The number of Topliss-reactive ketones (excluding diaryl/α,β-unsaturated/α-hetero) is 1. The Balaban J connectivity index is 2.14. The average Bonchev–Trinajstić information content (AvgIpc) is 3.15. The van der Waals surface area contributed by atoms with E-state index in [1.54, 1.807) is 20.1 Å². The summed E-state index contributed by atoms with van der Waals surface area (Å²) in [6.07, 6.45) is 0. The molecule has 0 saturated heterocycles. The number of rotatable bonds is 7. The monoisotopic (exact) mass is 415 g/mol. The zero-order valence-electron chi connectivity index (χ0n) is 17.2. The smallest absolute Gasteiger partial charge is 0.290 e. The van der Waals surface area contributed by atoms with Crippen LogP contribution in [0.5, 0.6) is 5.75 Å². The van der Waals surface area contributed by atoms with Gasteiger partial charge in [0.05, 0.1) is 34.3 Å². The Hall–Kier alpha value is -2.71. The fourth-order valence-corrected chi connectivity index (χ4v) is 4.38. The van der Waals surface area contributed by atoms with Gasteiger partial charge in [0.25, 0.3) is 5.91 Å². The van der Waals surface area contributed by atoms with Crippen molar-refractivity contribution in [2.24, 2.45) is 0 Å². The van der Waals surface area contributed by atoms with Gasteiger partial charge in [-0.05, 0) is 34.0 Å². The first kappa shape index (κ1) is 21.0. The SMILES string of the molecule is COc1ccccc1C1C(C(=O)c2sc(C)nc2C)=C(O)C(=O)N1CCN(C)C. The Kier molecular flexibility index (Phi) is 6.04. The number of ether oxygens (including phenoxy) is 1. The number of aliphatic hydroxyl groups excluding tert-OH is 1. The first-order chi connectivity index (χ1) is 13.8. The number of aromatic nitrogens is 1. The van der Waals surface area contributed by atoms with E-state index in [2.05, 4.69) is 4.98 Å². The van der Waals surface area contributed by atoms with Gasteiger partial charge >= 0.3 is 0 Å². The van der Waals surface area contributed by atoms with Crippen LogP contribution in [0.2, 0.25) is 0 Å². The number of hydrogen-bond donors (Lipinski definition) is 1. The molecule has 1 N–H and O–H groups in total. The summed E-state index contributed by atoms with van der Waals surface area (Å²) in [5, 5.41) is 11.5. The summed E-state index contributed by atoms with van der Waals surface area (Å²) in [5.74, 6) is -0.875. The predicted molar refractivity (Wildman–Crippen MR) is 112 cm³/mol. The van der Waals surface area contributed by atoms with Gasteiger partial charge in [-0.3, -0.25) is 9.59 Å². The van der Waals surface area contributed by atoms with Gasteiger partial charge in [0.1, 0.15) is 5.75 Å². The zero-order valence-corrected chi connectivity index (χ0v) is 18.0. The van der Waals surface area contributed by atoms with E-state index < -0.39 is 17.7 Å². The van der Waals surface area contributed by atoms with Crippen LogP contribution in [-0.2, 0) is 4.79 Å². The topological polar surface area (TPSA) is 83.0 Å². The third-order valence-electron chi connectivity index (χ3n) is 4.88. The van der Waals surface area contributed by atoms with Crippen molar-refractivity contribution >= 4 is 23.0 Å². The summed E-state index contributed by atoms with van der Waals surface area (Å²) < 4.78 is 5.49. The lowest BCUT2D eigenvalue weighted by Crippen LogP contribution is -2.36. The number of hydrogen-bond acceptors (Lipinski definition) is 7. The van der Waals surface area contributed by atoms with Crippen molar-refractivity contribution in [2.45, 2.75) is 19.9 Å². The van der Waals surface area contributed by atoms with E-state index in [0.29, 0.717) is 35.0 Å². The van der Waals surface area contributed by atoms with Gasteiger partial charge in [-0.2, -0.15) is 0 Å². The molecule has 2 aromatic rings. The third-order valence-corrected chi connectivity index (χ3v) is 5.95. The second-order valence-electron chi connectivity index (χ2n) is 7.19. The highest BCUT2D eigenvalue weighted by Gasteiger charge is 2.45. The second-order valence-corrected chi connectivity index (χ2v) is 8.39. The van der Waals surface area contributed by atoms with Crippen LogP contribution < -0.4 is 4.74 Å². The number of para-hydroxylation sites is 1. The fraction of sp³-hybridized carbons (Fsp3) is 0.381. The lowest BCUT2D eigenvalue weighted by Gasteiger charge is -2.28. The zero-order chi connectivity index (χ0) is 21.3. The lowest BCUT2D eigenvalue weighted by molar-refractivity contribution is -0.129. The van der Waals surface area contributed by atoms with E-state index in [1.807, 2.05) is 44.1 Å². The number of ketones is 1. The lowest BCUT2D eigenvalue weighted by atomic mass is 9.94. The van der Waals surface area contributed by atoms with Crippen LogP contribution in [0.4, 0.5) is 0 Å². The molecule has 1 aliphatic heterocycles. The summed E-state index contributed by atoms with van der Waals surface area (Å²) in [4.78, 5) is 34.6. The molecular formula is C21H25N3O4S. The Morgan fingerprint density at radius 3 is 2.59 bits per heavy atom. The largest absolute Gasteiger partial charge is 0.503 e. The minimum Gasteiger partial charge on any atom is -0.503 e. The molecule has 0 radical (unpaired) electrons. The van der Waals surface area contributed by atoms with Crippen molar-refractivity contribution < 1.29 is 19.4 Å². The van der Waals surface area contributed by atoms with Gasteiger partial charge in [-0.15, -0.1) is 11.3 Å². The van der Waals surface area contributed by atoms with Gasteiger partial charge < -0.3 is 19.6 Å². The molecule has 1 atom stereocenters. The number of methoxy groups -OCH3 is 1. The van der Waals surface area contributed by atoms with E-state index in [0.717, 1.165) is 5.01 Å². The minimum atomic E-state index is -0.729. The van der Waals surface area contributed by atoms with Gasteiger partial charge in [-0.1, -0.05) is 18.2 Å². The third kappa shape index (κ3) is 3.90. The maximum atomic E-state index is 13.4. The standard InChI is InChI=1S/C21H25N3O4S/c1-12-20(29-13(2)22-12)18(25)16-17(14-8-6-7-9-15(14)28-5)24(11-10-23(3)4)21(27)19(16)26/h6-9,17,26H,10-11H2,1-5H3. The van der Waals surface area contributed by atoms with Crippen molar-refractivity contribution in [1.29, 1.82) is 0 Å². The number of nitrogens with zero attached hydrogens (tertiary/aromatic N) is 3. The van der Waals surface area contributed by atoms with Crippen LogP contribution in [-0.4, -0.2) is 65.9 Å². The van der Waals surface area contributed by atoms with Crippen molar-refractivity contribution in [3.8, 4) is 5.75 Å². The first-order valence-electron chi connectivity index (χ1n) is 9.26. The summed E-state index contributed by atoms with van der Waals surface area (Å²) in [6.45, 7) is 4.53. The number of aliphatic hydroxyl groups is 1. The quantitative estimate of drug-likeness (QED) is 0.700. The highest BCUT2D eigenvalue weighted by molar-refractivity contribution is 7.14. The Morgan fingerprint density at radius 2 is 2.00 bits per heavy atom. The molecule has 1 aromatic carbocycles. The van der Waals surface area contributed by atoms with Crippen LogP contribution in [0.25, 0.3) is 0 Å². The molecule has 3 rings (SSSR count). The molecule has 1 aromatic heterocycles. The molecule has 1 aliphatic rings. The number of aryl methyl sites for hydroxylation is 2. The number of carbonyl (C=O) groups is 2. The van der Waals surface area contributed by atoms with Gasteiger partial charge in [0, 0.05) is 18.7 Å². The van der Waals surface area contributed by atoms with Gasteiger partial charge in [0.2, 0.25) is 5.78 Å². The second kappa shape index (κ2) is 8.34. The normalized spacial score (nSPS) is 16.8. The maximum Gasteiger partial charge on any atom is 0.290 e. The summed E-state index contributed by atoms with van der Waals surface area (Å²) >= 11 is 1.26. The van der Waals surface area contributed by atoms with Gasteiger partial charge in [-0.25, -0.2) is 4.98 Å². The molecule has 0 fully saturated rings. The molecular weight excluding hydrogens is 390 g/mol. The average molecular weight is 416 g/mol. The Bertz CT molecular complexity index is 980.